The van der Waals surface area contributed by atoms with Crippen molar-refractivity contribution in [3.05, 3.63) is 87.9 Å². The molecule has 0 radical (unpaired) electrons. The standard InChI is InChI=1S/C27H29F3N4O/c1-18-5-7-21(8-6-18)17-24-19(2)31-20(3)32-25(24)33-13-4-14-34(16-15-33)26(35)22-9-11-23(12-10-22)27(28,29)30/h5-12H,4,13-17H2,1-3H3. The van der Waals surface area contributed by atoms with Gasteiger partial charge in [-0.05, 0) is 57.0 Å². The Morgan fingerprint density at radius 2 is 1.57 bits per heavy atom. The highest BCUT2D eigenvalue weighted by molar-refractivity contribution is 5.94. The van der Waals surface area contributed by atoms with Gasteiger partial charge < -0.3 is 9.80 Å². The van der Waals surface area contributed by atoms with Crippen LogP contribution >= 0.6 is 0 Å². The van der Waals surface area contributed by atoms with E-state index in [1.54, 1.807) is 4.90 Å². The highest BCUT2D eigenvalue weighted by Gasteiger charge is 2.31. The highest BCUT2D eigenvalue weighted by Crippen LogP contribution is 2.29. The van der Waals surface area contributed by atoms with Gasteiger partial charge in [-0.15, -0.1) is 0 Å². The van der Waals surface area contributed by atoms with Gasteiger partial charge >= 0.3 is 6.18 Å². The van der Waals surface area contributed by atoms with Gasteiger partial charge in [-0.25, -0.2) is 9.97 Å². The summed E-state index contributed by atoms with van der Waals surface area (Å²) >= 11 is 0. The van der Waals surface area contributed by atoms with Crippen molar-refractivity contribution in [2.45, 2.75) is 39.8 Å². The maximum absolute atomic E-state index is 13.0. The second kappa shape index (κ2) is 10.1. The Morgan fingerprint density at radius 3 is 2.23 bits per heavy atom. The average molecular weight is 483 g/mol. The quantitative estimate of drug-likeness (QED) is 0.502. The highest BCUT2D eigenvalue weighted by atomic mass is 19.4. The summed E-state index contributed by atoms with van der Waals surface area (Å²) in [6, 6.07) is 12.8. The number of rotatable bonds is 4. The Morgan fingerprint density at radius 1 is 0.886 bits per heavy atom. The summed E-state index contributed by atoms with van der Waals surface area (Å²) in [4.78, 5) is 26.3. The molecule has 0 unspecified atom stereocenters. The second-order valence-corrected chi connectivity index (χ2v) is 9.03. The lowest BCUT2D eigenvalue weighted by atomic mass is 10.0. The number of hydrogen-bond donors (Lipinski definition) is 0. The molecule has 0 saturated carbocycles. The Balaban J connectivity index is 1.52. The van der Waals surface area contributed by atoms with Crippen LogP contribution in [0.3, 0.4) is 0 Å². The summed E-state index contributed by atoms with van der Waals surface area (Å²) in [5.74, 6) is 1.34. The number of anilines is 1. The molecule has 5 nitrogen and oxygen atoms in total. The van der Waals surface area contributed by atoms with E-state index in [0.717, 1.165) is 42.2 Å². The van der Waals surface area contributed by atoms with E-state index in [1.807, 2.05) is 13.8 Å². The van der Waals surface area contributed by atoms with E-state index in [9.17, 15) is 18.0 Å². The smallest absolute Gasteiger partial charge is 0.354 e. The first-order valence-corrected chi connectivity index (χ1v) is 11.7. The molecule has 1 saturated heterocycles. The Kier molecular flexibility index (Phi) is 7.10. The molecule has 3 aromatic rings. The summed E-state index contributed by atoms with van der Waals surface area (Å²) < 4.78 is 38.6. The molecule has 8 heteroatoms. The van der Waals surface area contributed by atoms with Gasteiger partial charge in [0.2, 0.25) is 0 Å². The molecular formula is C27H29F3N4O. The molecule has 0 bridgehead atoms. The fraction of sp³-hybridized carbons (Fsp3) is 0.370. The molecule has 2 aromatic carbocycles. The largest absolute Gasteiger partial charge is 0.416 e. The van der Waals surface area contributed by atoms with Gasteiger partial charge in [0.15, 0.2) is 0 Å². The molecule has 2 heterocycles. The van der Waals surface area contributed by atoms with Crippen LogP contribution in [0.2, 0.25) is 0 Å². The monoisotopic (exact) mass is 482 g/mol. The Labute approximate surface area is 203 Å². The third-order valence-corrected chi connectivity index (χ3v) is 6.35. The minimum atomic E-state index is -4.42. The zero-order chi connectivity index (χ0) is 25.2. The van der Waals surface area contributed by atoms with Crippen LogP contribution in [0.4, 0.5) is 19.0 Å². The Hall–Kier alpha value is -3.42. The van der Waals surface area contributed by atoms with Crippen LogP contribution in [0.5, 0.6) is 0 Å². The lowest BCUT2D eigenvalue weighted by Crippen LogP contribution is -2.35. The van der Waals surface area contributed by atoms with Crippen molar-refractivity contribution in [2.75, 3.05) is 31.1 Å². The molecule has 1 aromatic heterocycles. The molecule has 1 amide bonds. The third-order valence-electron chi connectivity index (χ3n) is 6.35. The van der Waals surface area contributed by atoms with E-state index in [0.29, 0.717) is 31.9 Å². The predicted octanol–water partition coefficient (Wildman–Crippen LogP) is 5.36. The third kappa shape index (κ3) is 5.81. The number of carbonyl (C=O) groups is 1. The maximum atomic E-state index is 13.0. The van der Waals surface area contributed by atoms with Gasteiger partial charge in [0, 0.05) is 49.4 Å². The molecule has 1 fully saturated rings. The van der Waals surface area contributed by atoms with Gasteiger partial charge in [0.1, 0.15) is 11.6 Å². The number of carbonyl (C=O) groups excluding carboxylic acids is 1. The summed E-state index contributed by atoms with van der Waals surface area (Å²) in [5.41, 5.74) is 3.90. The van der Waals surface area contributed by atoms with Crippen LogP contribution in [0.1, 0.15) is 50.6 Å². The van der Waals surface area contributed by atoms with Crippen LogP contribution in [-0.4, -0.2) is 47.0 Å². The summed E-state index contributed by atoms with van der Waals surface area (Å²) in [6.07, 6.45) is -2.97. The number of aromatic nitrogens is 2. The summed E-state index contributed by atoms with van der Waals surface area (Å²) in [5, 5.41) is 0. The molecule has 0 spiro atoms. The van der Waals surface area contributed by atoms with Gasteiger partial charge in [0.05, 0.1) is 5.56 Å². The number of amides is 1. The number of hydrogen-bond acceptors (Lipinski definition) is 4. The molecule has 1 aliphatic heterocycles. The van der Waals surface area contributed by atoms with E-state index in [-0.39, 0.29) is 11.5 Å². The molecule has 4 rings (SSSR count). The molecule has 0 aliphatic carbocycles. The molecule has 1 aliphatic rings. The van der Waals surface area contributed by atoms with E-state index in [1.165, 1.54) is 23.3 Å². The van der Waals surface area contributed by atoms with Crippen molar-refractivity contribution in [1.82, 2.24) is 14.9 Å². The number of aryl methyl sites for hydroxylation is 3. The molecule has 0 N–H and O–H groups in total. The first-order valence-electron chi connectivity index (χ1n) is 11.7. The normalized spacial score (nSPS) is 14.7. The van der Waals surface area contributed by atoms with Crippen LogP contribution in [0.15, 0.2) is 48.5 Å². The zero-order valence-electron chi connectivity index (χ0n) is 20.2. The first-order chi connectivity index (χ1) is 16.6. The SMILES string of the molecule is Cc1ccc(Cc2c(C)nc(C)nc2N2CCCN(C(=O)c3ccc(C(F)(F)F)cc3)CC2)cc1. The van der Waals surface area contributed by atoms with Gasteiger partial charge in [0.25, 0.3) is 5.91 Å². The lowest BCUT2D eigenvalue weighted by Gasteiger charge is -2.26. The van der Waals surface area contributed by atoms with Crippen LogP contribution in [-0.2, 0) is 12.6 Å². The van der Waals surface area contributed by atoms with E-state index < -0.39 is 11.7 Å². The van der Waals surface area contributed by atoms with E-state index >= 15 is 0 Å². The molecule has 35 heavy (non-hydrogen) atoms. The second-order valence-electron chi connectivity index (χ2n) is 9.03. The maximum Gasteiger partial charge on any atom is 0.416 e. The van der Waals surface area contributed by atoms with Crippen molar-refractivity contribution >= 4 is 11.7 Å². The fourth-order valence-corrected chi connectivity index (χ4v) is 4.41. The van der Waals surface area contributed by atoms with Crippen LogP contribution < -0.4 is 4.90 Å². The van der Waals surface area contributed by atoms with Crippen molar-refractivity contribution in [1.29, 1.82) is 0 Å². The number of nitrogens with zero attached hydrogens (tertiary/aromatic N) is 4. The van der Waals surface area contributed by atoms with Crippen LogP contribution in [0, 0.1) is 20.8 Å². The van der Waals surface area contributed by atoms with Crippen molar-refractivity contribution in [3.8, 4) is 0 Å². The van der Waals surface area contributed by atoms with Crippen molar-refractivity contribution in [2.24, 2.45) is 0 Å². The van der Waals surface area contributed by atoms with Crippen molar-refractivity contribution in [3.63, 3.8) is 0 Å². The van der Waals surface area contributed by atoms with Gasteiger partial charge in [-0.2, -0.15) is 13.2 Å². The number of benzene rings is 2. The topological polar surface area (TPSA) is 49.3 Å². The minimum absolute atomic E-state index is 0.254. The minimum Gasteiger partial charge on any atom is -0.354 e. The molecule has 184 valence electrons. The number of halogens is 3. The Bertz CT molecular complexity index is 1190. The fourth-order valence-electron chi connectivity index (χ4n) is 4.41. The predicted molar refractivity (Wildman–Crippen MR) is 130 cm³/mol. The molecular weight excluding hydrogens is 453 g/mol. The molecule has 0 atom stereocenters. The lowest BCUT2D eigenvalue weighted by molar-refractivity contribution is -0.137. The number of alkyl halides is 3. The summed E-state index contributed by atoms with van der Waals surface area (Å²) in [6.45, 7) is 8.25. The van der Waals surface area contributed by atoms with Gasteiger partial charge in [-0.3, -0.25) is 4.79 Å². The van der Waals surface area contributed by atoms with Gasteiger partial charge in [-0.1, -0.05) is 29.8 Å². The van der Waals surface area contributed by atoms with Crippen molar-refractivity contribution < 1.29 is 18.0 Å². The first kappa shape index (κ1) is 24.7. The van der Waals surface area contributed by atoms with Crippen LogP contribution in [0.25, 0.3) is 0 Å². The van der Waals surface area contributed by atoms with E-state index in [4.69, 9.17) is 4.98 Å². The summed E-state index contributed by atoms with van der Waals surface area (Å²) in [7, 11) is 0. The average Bonchev–Trinajstić information content (AvgIpc) is 3.07. The zero-order valence-corrected chi connectivity index (χ0v) is 20.2. The van der Waals surface area contributed by atoms with E-state index in [2.05, 4.69) is 41.1 Å².